The van der Waals surface area contributed by atoms with E-state index in [1.807, 2.05) is 36.4 Å². The molecule has 2 aromatic rings. The summed E-state index contributed by atoms with van der Waals surface area (Å²) in [5, 5.41) is 0. The van der Waals surface area contributed by atoms with E-state index in [0.717, 1.165) is 8.93 Å². The van der Waals surface area contributed by atoms with Gasteiger partial charge in [-0.2, -0.15) is 0 Å². The van der Waals surface area contributed by atoms with Crippen molar-refractivity contribution in [3.05, 3.63) is 71.7 Å². The van der Waals surface area contributed by atoms with Crippen LogP contribution in [0.3, 0.4) is 0 Å². The summed E-state index contributed by atoms with van der Waals surface area (Å²) in [4.78, 5) is 0.361. The zero-order valence-electron chi connectivity index (χ0n) is 10.3. The van der Waals surface area contributed by atoms with Crippen molar-refractivity contribution in [2.45, 2.75) is 4.90 Å². The van der Waals surface area contributed by atoms with E-state index in [-0.39, 0.29) is 20.7 Å². The number of rotatable bonds is 5. The minimum absolute atomic E-state index is 0.0108. The van der Waals surface area contributed by atoms with Crippen LogP contribution in [-0.4, -0.2) is 29.1 Å². The van der Waals surface area contributed by atoms with Crippen LogP contribution in [-0.2, 0) is 9.84 Å². The van der Waals surface area contributed by atoms with Crippen LogP contribution in [0.15, 0.2) is 76.6 Å². The Morgan fingerprint density at radius 2 is 1.47 bits per heavy atom. The molecule has 0 aliphatic heterocycles. The maximum atomic E-state index is 12.2. The van der Waals surface area contributed by atoms with Crippen molar-refractivity contribution in [3.63, 3.8) is 0 Å². The average Bonchev–Trinajstić information content (AvgIpc) is 2.40. The molecule has 98 valence electrons. The first-order valence-electron chi connectivity index (χ1n) is 5.76. The summed E-state index contributed by atoms with van der Waals surface area (Å²) in [7, 11) is -3.26. The molecule has 0 unspecified atom stereocenters. The monoisotopic (exact) mass is 338 g/mol. The maximum absolute atomic E-state index is 12.2. The molecule has 0 heterocycles. The Bertz CT molecular complexity index is 649. The van der Waals surface area contributed by atoms with Crippen molar-refractivity contribution in [2.24, 2.45) is 0 Å². The first-order chi connectivity index (χ1) is 9.08. The zero-order chi connectivity index (χ0) is 13.7. The molecule has 0 fully saturated rings. The average molecular weight is 337 g/mol. The molecule has 0 amide bonds. The molecule has 0 N–H and O–H groups in total. The Balaban J connectivity index is 2.07. The van der Waals surface area contributed by atoms with E-state index in [1.54, 1.807) is 24.3 Å². The van der Waals surface area contributed by atoms with Crippen LogP contribution in [0.25, 0.3) is 0 Å². The van der Waals surface area contributed by atoms with Gasteiger partial charge in [0.25, 0.3) is 0 Å². The van der Waals surface area contributed by atoms with Crippen LogP contribution < -0.4 is 4.46 Å². The standard InChI is InChI=1S/C15H14O2SSe/c1-13(19-15-10-6-3-7-11-15)12-18(16,17)14-8-4-2-5-9-14/h2-11H,1,12H2. The van der Waals surface area contributed by atoms with Crippen molar-refractivity contribution < 1.29 is 8.42 Å². The van der Waals surface area contributed by atoms with Crippen LogP contribution in [0.2, 0.25) is 0 Å². The number of hydrogen-bond donors (Lipinski definition) is 0. The zero-order valence-corrected chi connectivity index (χ0v) is 12.9. The molecule has 0 saturated carbocycles. The molecule has 0 spiro atoms. The van der Waals surface area contributed by atoms with Gasteiger partial charge >= 0.3 is 120 Å². The number of benzene rings is 2. The molecule has 0 atom stereocenters. The summed E-state index contributed by atoms with van der Waals surface area (Å²) in [6, 6.07) is 18.4. The Kier molecular flexibility index (Phi) is 4.59. The van der Waals surface area contributed by atoms with Crippen molar-refractivity contribution in [2.75, 3.05) is 5.75 Å². The molecular weight excluding hydrogens is 323 g/mol. The Hall–Kier alpha value is -1.35. The Morgan fingerprint density at radius 1 is 0.947 bits per heavy atom. The van der Waals surface area contributed by atoms with Gasteiger partial charge in [0.05, 0.1) is 0 Å². The van der Waals surface area contributed by atoms with Gasteiger partial charge in [0.15, 0.2) is 0 Å². The first-order valence-corrected chi connectivity index (χ1v) is 9.13. The quantitative estimate of drug-likeness (QED) is 0.782. The van der Waals surface area contributed by atoms with Crippen LogP contribution in [0.4, 0.5) is 0 Å². The van der Waals surface area contributed by atoms with Gasteiger partial charge < -0.3 is 0 Å². The Morgan fingerprint density at radius 3 is 2.05 bits per heavy atom. The van der Waals surface area contributed by atoms with E-state index < -0.39 is 9.84 Å². The van der Waals surface area contributed by atoms with Crippen LogP contribution >= 0.6 is 0 Å². The number of sulfone groups is 1. The minimum atomic E-state index is -3.26. The summed E-state index contributed by atoms with van der Waals surface area (Å²) >= 11 is -0.0108. The fourth-order valence-corrected chi connectivity index (χ4v) is 5.49. The molecular formula is C15H14O2SSe. The summed E-state index contributed by atoms with van der Waals surface area (Å²) < 4.78 is 26.3. The van der Waals surface area contributed by atoms with Gasteiger partial charge in [0.2, 0.25) is 0 Å². The molecule has 0 bridgehead atoms. The topological polar surface area (TPSA) is 34.1 Å². The SMILES string of the molecule is C=C(CS(=O)(=O)c1ccccc1)[Se]c1ccccc1. The van der Waals surface area contributed by atoms with Gasteiger partial charge in [-0.15, -0.1) is 0 Å². The molecule has 2 nitrogen and oxygen atoms in total. The Labute approximate surface area is 120 Å². The van der Waals surface area contributed by atoms with E-state index >= 15 is 0 Å². The fraction of sp³-hybridized carbons (Fsp3) is 0.0667. The molecule has 2 aromatic carbocycles. The first kappa shape index (κ1) is 14.1. The predicted molar refractivity (Wildman–Crippen MR) is 79.5 cm³/mol. The second-order valence-electron chi connectivity index (χ2n) is 4.03. The van der Waals surface area contributed by atoms with Crippen molar-refractivity contribution in [3.8, 4) is 0 Å². The second-order valence-corrected chi connectivity index (χ2v) is 8.64. The summed E-state index contributed by atoms with van der Waals surface area (Å²) in [6.07, 6.45) is 0. The summed E-state index contributed by atoms with van der Waals surface area (Å²) in [5.41, 5.74) is 0. The van der Waals surface area contributed by atoms with E-state index in [4.69, 9.17) is 0 Å². The van der Waals surface area contributed by atoms with E-state index in [9.17, 15) is 8.42 Å². The summed E-state index contributed by atoms with van der Waals surface area (Å²) in [6.45, 7) is 3.91. The third-order valence-corrected chi connectivity index (χ3v) is 6.56. The van der Waals surface area contributed by atoms with E-state index in [2.05, 4.69) is 6.58 Å². The van der Waals surface area contributed by atoms with Crippen LogP contribution in [0.5, 0.6) is 0 Å². The third-order valence-electron chi connectivity index (χ3n) is 2.46. The second kappa shape index (κ2) is 6.20. The third kappa shape index (κ3) is 4.06. The van der Waals surface area contributed by atoms with E-state index in [0.29, 0.717) is 4.90 Å². The fourth-order valence-electron chi connectivity index (χ4n) is 1.61. The molecule has 0 saturated heterocycles. The number of hydrogen-bond acceptors (Lipinski definition) is 2. The van der Waals surface area contributed by atoms with Gasteiger partial charge in [0.1, 0.15) is 0 Å². The van der Waals surface area contributed by atoms with Gasteiger partial charge in [-0.05, 0) is 0 Å². The predicted octanol–water partition coefficient (Wildman–Crippen LogP) is 2.00. The van der Waals surface area contributed by atoms with Crippen molar-refractivity contribution in [1.29, 1.82) is 0 Å². The molecule has 0 aliphatic rings. The van der Waals surface area contributed by atoms with E-state index in [1.165, 1.54) is 0 Å². The molecule has 4 heteroatoms. The van der Waals surface area contributed by atoms with Crippen molar-refractivity contribution >= 4 is 29.3 Å². The van der Waals surface area contributed by atoms with Gasteiger partial charge in [-0.25, -0.2) is 0 Å². The van der Waals surface area contributed by atoms with Crippen LogP contribution in [0, 0.1) is 0 Å². The molecule has 19 heavy (non-hydrogen) atoms. The molecule has 2 rings (SSSR count). The normalized spacial score (nSPS) is 11.2. The summed E-state index contributed by atoms with van der Waals surface area (Å²) in [5.74, 6) is 0.0197. The van der Waals surface area contributed by atoms with Gasteiger partial charge in [-0.1, -0.05) is 0 Å². The van der Waals surface area contributed by atoms with Gasteiger partial charge in [0, 0.05) is 0 Å². The molecule has 0 aromatic heterocycles. The van der Waals surface area contributed by atoms with Crippen molar-refractivity contribution in [1.82, 2.24) is 0 Å². The van der Waals surface area contributed by atoms with Gasteiger partial charge in [-0.3, -0.25) is 0 Å². The van der Waals surface area contributed by atoms with Crippen LogP contribution in [0.1, 0.15) is 0 Å². The molecule has 0 aliphatic carbocycles. The molecule has 0 radical (unpaired) electrons.